The van der Waals surface area contributed by atoms with E-state index in [1.54, 1.807) is 12.1 Å². The zero-order valence-corrected chi connectivity index (χ0v) is 22.4. The van der Waals surface area contributed by atoms with Gasteiger partial charge in [-0.3, -0.25) is 14.9 Å². The molecule has 2 N–H and O–H groups in total. The van der Waals surface area contributed by atoms with Crippen LogP contribution in [0.2, 0.25) is 5.02 Å². The van der Waals surface area contributed by atoms with Crippen LogP contribution in [0.5, 0.6) is 0 Å². The molecule has 0 fully saturated rings. The number of anilines is 1. The molecule has 8 heteroatoms. The zero-order valence-electron chi connectivity index (χ0n) is 20.8. The molecule has 4 aromatic carbocycles. The van der Waals surface area contributed by atoms with Crippen LogP contribution in [-0.2, 0) is 16.0 Å². The van der Waals surface area contributed by atoms with Gasteiger partial charge in [0.2, 0.25) is 16.9 Å². The molecule has 5 aromatic rings. The molecule has 5 rings (SSSR count). The lowest BCUT2D eigenvalue weighted by atomic mass is 9.90. The van der Waals surface area contributed by atoms with Gasteiger partial charge in [0, 0.05) is 17.0 Å². The smallest absolute Gasteiger partial charge is 0.249 e. The maximum atomic E-state index is 13.8. The van der Waals surface area contributed by atoms with Crippen LogP contribution in [-0.4, -0.2) is 28.1 Å². The molecule has 194 valence electrons. The van der Waals surface area contributed by atoms with Crippen LogP contribution in [0.4, 0.5) is 5.13 Å². The van der Waals surface area contributed by atoms with E-state index in [0.717, 1.165) is 22.3 Å². The van der Waals surface area contributed by atoms with Crippen LogP contribution in [0.15, 0.2) is 115 Å². The highest BCUT2D eigenvalue weighted by Crippen LogP contribution is 2.28. The molecule has 2 amide bonds. The Morgan fingerprint density at radius 1 is 0.718 bits per heavy atom. The van der Waals surface area contributed by atoms with Crippen LogP contribution in [0.3, 0.4) is 0 Å². The standard InChI is InChI=1S/C31H25ClN4O2S/c32-25-18-16-24(17-19-25)30-35-36-31(39-30)34-28(37)26(20-21-10-4-1-5-11-21)33-29(38)27(22-12-6-2-7-13-22)23-14-8-3-9-15-23/h1-19,26-27H,20H2,(H,33,38)(H,34,36,37). The lowest BCUT2D eigenvalue weighted by Crippen LogP contribution is -2.47. The van der Waals surface area contributed by atoms with E-state index >= 15 is 0 Å². The molecule has 0 spiro atoms. The summed E-state index contributed by atoms with van der Waals surface area (Å²) in [6.45, 7) is 0. The topological polar surface area (TPSA) is 84.0 Å². The summed E-state index contributed by atoms with van der Waals surface area (Å²) < 4.78 is 0. The number of carbonyl (C=O) groups is 2. The van der Waals surface area contributed by atoms with Gasteiger partial charge in [-0.15, -0.1) is 10.2 Å². The van der Waals surface area contributed by atoms with E-state index in [0.29, 0.717) is 21.6 Å². The number of halogens is 1. The number of carbonyl (C=O) groups excluding carboxylic acids is 2. The molecular weight excluding hydrogens is 528 g/mol. The number of nitrogens with zero attached hydrogens (tertiary/aromatic N) is 2. The van der Waals surface area contributed by atoms with Crippen molar-refractivity contribution in [2.24, 2.45) is 0 Å². The normalized spacial score (nSPS) is 11.6. The molecule has 0 bridgehead atoms. The summed E-state index contributed by atoms with van der Waals surface area (Å²) in [5.74, 6) is -1.20. The monoisotopic (exact) mass is 552 g/mol. The number of aromatic nitrogens is 2. The number of amides is 2. The van der Waals surface area contributed by atoms with Crippen molar-refractivity contribution in [2.75, 3.05) is 5.32 Å². The van der Waals surface area contributed by atoms with Gasteiger partial charge in [-0.2, -0.15) is 0 Å². The van der Waals surface area contributed by atoms with E-state index in [2.05, 4.69) is 20.8 Å². The van der Waals surface area contributed by atoms with E-state index in [4.69, 9.17) is 11.6 Å². The minimum Gasteiger partial charge on any atom is -0.343 e. The minimum atomic E-state index is -0.835. The number of benzene rings is 4. The Bertz CT molecular complexity index is 1490. The predicted molar refractivity (Wildman–Crippen MR) is 156 cm³/mol. The first-order valence-electron chi connectivity index (χ1n) is 12.4. The second-order valence-electron chi connectivity index (χ2n) is 8.91. The Balaban J connectivity index is 1.39. The van der Waals surface area contributed by atoms with Gasteiger partial charge >= 0.3 is 0 Å². The van der Waals surface area contributed by atoms with Gasteiger partial charge in [0.1, 0.15) is 11.0 Å². The van der Waals surface area contributed by atoms with Gasteiger partial charge in [0.05, 0.1) is 5.92 Å². The average Bonchev–Trinajstić information content (AvgIpc) is 3.43. The summed E-state index contributed by atoms with van der Waals surface area (Å²) in [4.78, 5) is 27.3. The van der Waals surface area contributed by atoms with Gasteiger partial charge in [-0.05, 0) is 28.8 Å². The highest BCUT2D eigenvalue weighted by atomic mass is 35.5. The number of rotatable bonds is 9. The summed E-state index contributed by atoms with van der Waals surface area (Å²) in [5.41, 5.74) is 3.46. The molecule has 0 aliphatic heterocycles. The van der Waals surface area contributed by atoms with Crippen molar-refractivity contribution in [3.63, 3.8) is 0 Å². The predicted octanol–water partition coefficient (Wildman–Crippen LogP) is 6.36. The van der Waals surface area contributed by atoms with Gasteiger partial charge in [-0.25, -0.2) is 0 Å². The van der Waals surface area contributed by atoms with Crippen molar-refractivity contribution in [2.45, 2.75) is 18.4 Å². The summed E-state index contributed by atoms with van der Waals surface area (Å²) in [7, 11) is 0. The summed E-state index contributed by atoms with van der Waals surface area (Å²) in [6.07, 6.45) is 0.317. The van der Waals surface area contributed by atoms with Gasteiger partial charge in [0.25, 0.3) is 0 Å². The molecule has 0 radical (unpaired) electrons. The highest BCUT2D eigenvalue weighted by Gasteiger charge is 2.28. The maximum absolute atomic E-state index is 13.8. The summed E-state index contributed by atoms with van der Waals surface area (Å²) >= 11 is 7.25. The minimum absolute atomic E-state index is 0.261. The Kier molecular flexibility index (Phi) is 8.41. The van der Waals surface area contributed by atoms with Crippen LogP contribution in [0.25, 0.3) is 10.6 Å². The molecular formula is C31H25ClN4O2S. The molecule has 1 atom stereocenters. The largest absolute Gasteiger partial charge is 0.343 e. The molecule has 0 aliphatic rings. The molecule has 39 heavy (non-hydrogen) atoms. The quantitative estimate of drug-likeness (QED) is 0.223. The lowest BCUT2D eigenvalue weighted by Gasteiger charge is -2.23. The summed E-state index contributed by atoms with van der Waals surface area (Å²) in [5, 5.41) is 15.8. The fourth-order valence-corrected chi connectivity index (χ4v) is 5.15. The molecule has 0 saturated heterocycles. The van der Waals surface area contributed by atoms with Crippen molar-refractivity contribution in [3.05, 3.63) is 137 Å². The van der Waals surface area contributed by atoms with Gasteiger partial charge in [-0.1, -0.05) is 126 Å². The first kappa shape index (κ1) is 26.3. The van der Waals surface area contributed by atoms with E-state index < -0.39 is 12.0 Å². The SMILES string of the molecule is O=C(Nc1nnc(-c2ccc(Cl)cc2)s1)C(Cc1ccccc1)NC(=O)C(c1ccccc1)c1ccccc1. The molecule has 0 aliphatic carbocycles. The molecule has 1 heterocycles. The third-order valence-electron chi connectivity index (χ3n) is 6.19. The van der Waals surface area contributed by atoms with Crippen molar-refractivity contribution in [3.8, 4) is 10.6 Å². The van der Waals surface area contributed by atoms with Crippen LogP contribution >= 0.6 is 22.9 Å². The molecule has 0 saturated carbocycles. The average molecular weight is 553 g/mol. The fraction of sp³-hybridized carbons (Fsp3) is 0.0968. The van der Waals surface area contributed by atoms with Crippen molar-refractivity contribution >= 4 is 39.9 Å². The Hall–Kier alpha value is -4.33. The second kappa shape index (κ2) is 12.5. The maximum Gasteiger partial charge on any atom is 0.249 e. The molecule has 1 unspecified atom stereocenters. The highest BCUT2D eigenvalue weighted by molar-refractivity contribution is 7.18. The van der Waals surface area contributed by atoms with Crippen LogP contribution in [0.1, 0.15) is 22.6 Å². The van der Waals surface area contributed by atoms with Crippen molar-refractivity contribution in [1.29, 1.82) is 0 Å². The zero-order chi connectivity index (χ0) is 27.0. The van der Waals surface area contributed by atoms with Crippen molar-refractivity contribution in [1.82, 2.24) is 15.5 Å². The third kappa shape index (κ3) is 6.76. The van der Waals surface area contributed by atoms with E-state index in [-0.39, 0.29) is 11.8 Å². The Labute approximate surface area is 235 Å². The third-order valence-corrected chi connectivity index (χ3v) is 7.33. The number of hydrogen-bond acceptors (Lipinski definition) is 5. The molecule has 6 nitrogen and oxygen atoms in total. The second-order valence-corrected chi connectivity index (χ2v) is 10.3. The fourth-order valence-electron chi connectivity index (χ4n) is 4.28. The molecule has 1 aromatic heterocycles. The summed E-state index contributed by atoms with van der Waals surface area (Å²) in [6, 6.07) is 35.1. The van der Waals surface area contributed by atoms with Crippen LogP contribution < -0.4 is 10.6 Å². The lowest BCUT2D eigenvalue weighted by molar-refractivity contribution is -0.126. The Morgan fingerprint density at radius 3 is 1.87 bits per heavy atom. The number of hydrogen-bond donors (Lipinski definition) is 2. The Morgan fingerprint density at radius 2 is 1.28 bits per heavy atom. The van der Waals surface area contributed by atoms with Gasteiger partial charge < -0.3 is 5.32 Å². The first-order valence-corrected chi connectivity index (χ1v) is 13.6. The van der Waals surface area contributed by atoms with E-state index in [1.165, 1.54) is 11.3 Å². The van der Waals surface area contributed by atoms with Crippen LogP contribution in [0, 0.1) is 0 Å². The number of nitrogens with one attached hydrogen (secondary N) is 2. The van der Waals surface area contributed by atoms with E-state index in [9.17, 15) is 9.59 Å². The van der Waals surface area contributed by atoms with Crippen molar-refractivity contribution < 1.29 is 9.59 Å². The first-order chi connectivity index (χ1) is 19.1. The van der Waals surface area contributed by atoms with E-state index in [1.807, 2.05) is 103 Å². The van der Waals surface area contributed by atoms with Gasteiger partial charge in [0.15, 0.2) is 0 Å².